The maximum atomic E-state index is 12.4. The number of carbonyl (C=O) groups is 1. The van der Waals surface area contributed by atoms with E-state index in [1.807, 2.05) is 49.3 Å². The van der Waals surface area contributed by atoms with Crippen molar-refractivity contribution in [3.63, 3.8) is 0 Å². The van der Waals surface area contributed by atoms with Crippen LogP contribution in [0.15, 0.2) is 47.2 Å². The van der Waals surface area contributed by atoms with E-state index in [0.717, 1.165) is 27.6 Å². The number of nitrogens with zero attached hydrogens (tertiary/aromatic N) is 2. The Hall–Kier alpha value is -1.37. The second-order valence-electron chi connectivity index (χ2n) is 6.49. The predicted octanol–water partition coefficient (Wildman–Crippen LogP) is 4.90. The molecule has 0 saturated carbocycles. The highest BCUT2D eigenvalue weighted by molar-refractivity contribution is 9.10. The summed E-state index contributed by atoms with van der Waals surface area (Å²) in [6.07, 6.45) is 4.76. The maximum Gasteiger partial charge on any atom is 0.233 e. The average molecular weight is 435 g/mol. The van der Waals surface area contributed by atoms with Gasteiger partial charge in [-0.25, -0.2) is 0 Å². The van der Waals surface area contributed by atoms with Crippen LogP contribution >= 0.6 is 27.7 Å². The summed E-state index contributed by atoms with van der Waals surface area (Å²) in [6.45, 7) is 5.43. The fourth-order valence-corrected chi connectivity index (χ4v) is 4.50. The van der Waals surface area contributed by atoms with Crippen molar-refractivity contribution in [3.05, 3.63) is 52.8 Å². The van der Waals surface area contributed by atoms with Crippen molar-refractivity contribution in [1.29, 1.82) is 0 Å². The number of thioether (sulfide) groups is 1. The molecule has 1 aromatic carbocycles. The summed E-state index contributed by atoms with van der Waals surface area (Å²) in [4.78, 5) is 18.7. The maximum absolute atomic E-state index is 12.4. The van der Waals surface area contributed by atoms with Crippen LogP contribution in [0.5, 0.6) is 0 Å². The number of amides is 1. The van der Waals surface area contributed by atoms with Crippen LogP contribution in [0.25, 0.3) is 11.1 Å². The molecule has 0 spiro atoms. The first-order chi connectivity index (χ1) is 12.6. The third kappa shape index (κ3) is 4.67. The molecule has 4 nitrogen and oxygen atoms in total. The Labute approximate surface area is 167 Å². The zero-order chi connectivity index (χ0) is 18.5. The molecule has 1 fully saturated rings. The number of benzene rings is 1. The molecule has 1 saturated heterocycles. The Balaban J connectivity index is 1.81. The van der Waals surface area contributed by atoms with Gasteiger partial charge in [-0.3, -0.25) is 9.78 Å². The lowest BCUT2D eigenvalue weighted by Gasteiger charge is -2.26. The van der Waals surface area contributed by atoms with E-state index in [2.05, 4.69) is 33.0 Å². The molecule has 6 heteroatoms. The zero-order valence-corrected chi connectivity index (χ0v) is 17.4. The Morgan fingerprint density at radius 3 is 2.81 bits per heavy atom. The third-order valence-corrected chi connectivity index (χ3v) is 6.00. The van der Waals surface area contributed by atoms with Crippen LogP contribution in [0.2, 0.25) is 0 Å². The number of hydrogen-bond acceptors (Lipinski definition) is 4. The van der Waals surface area contributed by atoms with E-state index in [1.54, 1.807) is 11.8 Å². The van der Waals surface area contributed by atoms with Gasteiger partial charge in [-0.2, -0.15) is 0 Å². The van der Waals surface area contributed by atoms with Gasteiger partial charge in [0.25, 0.3) is 0 Å². The molecule has 26 heavy (non-hydrogen) atoms. The Morgan fingerprint density at radius 1 is 1.31 bits per heavy atom. The molecule has 3 rings (SSSR count). The SMILES string of the molecule is CC(C)OCCCN1C(=O)CSC1c1cnccc1-c1ccc(Br)cc1. The van der Waals surface area contributed by atoms with Gasteiger partial charge in [-0.1, -0.05) is 28.1 Å². The lowest BCUT2D eigenvalue weighted by molar-refractivity contribution is -0.128. The van der Waals surface area contributed by atoms with Crippen LogP contribution in [0.4, 0.5) is 0 Å². The Bertz CT molecular complexity index is 752. The minimum Gasteiger partial charge on any atom is -0.379 e. The third-order valence-electron chi connectivity index (χ3n) is 4.24. The molecule has 1 unspecified atom stereocenters. The minimum atomic E-state index is 0.00824. The van der Waals surface area contributed by atoms with Gasteiger partial charge in [0.15, 0.2) is 0 Å². The van der Waals surface area contributed by atoms with Gasteiger partial charge in [-0.15, -0.1) is 11.8 Å². The first kappa shape index (κ1) is 19.4. The fourth-order valence-electron chi connectivity index (χ4n) is 3.00. The number of halogens is 1. The summed E-state index contributed by atoms with van der Waals surface area (Å²) in [5.74, 6) is 0.708. The van der Waals surface area contributed by atoms with Crippen molar-refractivity contribution < 1.29 is 9.53 Å². The summed E-state index contributed by atoms with van der Waals surface area (Å²) >= 11 is 5.16. The summed E-state index contributed by atoms with van der Waals surface area (Å²) in [6, 6.07) is 10.3. The smallest absolute Gasteiger partial charge is 0.233 e. The molecule has 0 aliphatic carbocycles. The van der Waals surface area contributed by atoms with Crippen molar-refractivity contribution in [2.24, 2.45) is 0 Å². The summed E-state index contributed by atoms with van der Waals surface area (Å²) < 4.78 is 6.67. The van der Waals surface area contributed by atoms with Gasteiger partial charge in [0, 0.05) is 35.6 Å². The van der Waals surface area contributed by atoms with E-state index in [1.165, 1.54) is 0 Å². The second-order valence-corrected chi connectivity index (χ2v) is 8.48. The van der Waals surface area contributed by atoms with E-state index in [0.29, 0.717) is 18.9 Å². The zero-order valence-electron chi connectivity index (χ0n) is 15.0. The molecule has 2 heterocycles. The van der Waals surface area contributed by atoms with Gasteiger partial charge in [0.2, 0.25) is 5.91 Å². The highest BCUT2D eigenvalue weighted by Gasteiger charge is 2.34. The van der Waals surface area contributed by atoms with Crippen LogP contribution in [0.3, 0.4) is 0 Å². The van der Waals surface area contributed by atoms with Crippen LogP contribution in [-0.4, -0.2) is 40.8 Å². The Morgan fingerprint density at radius 2 is 2.08 bits per heavy atom. The average Bonchev–Trinajstić information content (AvgIpc) is 3.00. The number of aromatic nitrogens is 1. The summed E-state index contributed by atoms with van der Waals surface area (Å²) in [5.41, 5.74) is 3.35. The van der Waals surface area contributed by atoms with Crippen molar-refractivity contribution in [2.45, 2.75) is 31.7 Å². The van der Waals surface area contributed by atoms with E-state index in [9.17, 15) is 4.79 Å². The van der Waals surface area contributed by atoms with E-state index in [4.69, 9.17) is 4.74 Å². The predicted molar refractivity (Wildman–Crippen MR) is 110 cm³/mol. The van der Waals surface area contributed by atoms with E-state index < -0.39 is 0 Å². The van der Waals surface area contributed by atoms with Crippen LogP contribution in [-0.2, 0) is 9.53 Å². The lowest BCUT2D eigenvalue weighted by atomic mass is 10.0. The number of rotatable bonds is 7. The van der Waals surface area contributed by atoms with Crippen molar-refractivity contribution in [1.82, 2.24) is 9.88 Å². The molecule has 1 amide bonds. The lowest BCUT2D eigenvalue weighted by Crippen LogP contribution is -2.30. The number of ether oxygens (including phenoxy) is 1. The summed E-state index contributed by atoms with van der Waals surface area (Å²) in [7, 11) is 0. The highest BCUT2D eigenvalue weighted by atomic mass is 79.9. The number of carbonyl (C=O) groups excluding carboxylic acids is 1. The molecular weight excluding hydrogens is 412 g/mol. The van der Waals surface area contributed by atoms with Gasteiger partial charge in [0.05, 0.1) is 11.9 Å². The molecule has 1 aliphatic rings. The second kappa shape index (κ2) is 9.02. The fraction of sp³-hybridized carbons (Fsp3) is 0.400. The largest absolute Gasteiger partial charge is 0.379 e. The van der Waals surface area contributed by atoms with Gasteiger partial charge in [-0.05, 0) is 49.6 Å². The molecule has 1 aliphatic heterocycles. The number of pyridine rings is 1. The minimum absolute atomic E-state index is 0.00824. The van der Waals surface area contributed by atoms with Gasteiger partial charge >= 0.3 is 0 Å². The van der Waals surface area contributed by atoms with Crippen molar-refractivity contribution in [3.8, 4) is 11.1 Å². The first-order valence-corrected chi connectivity index (χ1v) is 10.6. The monoisotopic (exact) mass is 434 g/mol. The van der Waals surface area contributed by atoms with Gasteiger partial charge in [0.1, 0.15) is 5.37 Å². The molecular formula is C20H23BrN2O2S. The van der Waals surface area contributed by atoms with Crippen molar-refractivity contribution >= 4 is 33.6 Å². The van der Waals surface area contributed by atoms with E-state index >= 15 is 0 Å². The topological polar surface area (TPSA) is 42.4 Å². The van der Waals surface area contributed by atoms with E-state index in [-0.39, 0.29) is 17.4 Å². The van der Waals surface area contributed by atoms with Crippen LogP contribution in [0, 0.1) is 0 Å². The van der Waals surface area contributed by atoms with Crippen LogP contribution in [0.1, 0.15) is 31.2 Å². The molecule has 2 aromatic rings. The quantitative estimate of drug-likeness (QED) is 0.581. The molecule has 138 valence electrons. The molecule has 1 atom stereocenters. The normalized spacial score (nSPS) is 17.3. The summed E-state index contributed by atoms with van der Waals surface area (Å²) in [5, 5.41) is 0.00824. The first-order valence-electron chi connectivity index (χ1n) is 8.79. The number of hydrogen-bond donors (Lipinski definition) is 0. The van der Waals surface area contributed by atoms with Gasteiger partial charge < -0.3 is 9.64 Å². The van der Waals surface area contributed by atoms with Crippen LogP contribution < -0.4 is 0 Å². The molecule has 0 radical (unpaired) electrons. The highest BCUT2D eigenvalue weighted by Crippen LogP contribution is 2.42. The molecule has 0 N–H and O–H groups in total. The Kier molecular flexibility index (Phi) is 6.73. The molecule has 0 bridgehead atoms. The standard InChI is InChI=1S/C20H23BrN2O2S/c1-14(2)25-11-3-10-23-19(24)13-26-20(23)18-12-22-9-8-17(18)15-4-6-16(21)7-5-15/h4-9,12,14,20H,3,10-11,13H2,1-2H3. The van der Waals surface area contributed by atoms with Crippen molar-refractivity contribution in [2.75, 3.05) is 18.9 Å². The molecule has 1 aromatic heterocycles.